The van der Waals surface area contributed by atoms with Crippen molar-refractivity contribution in [2.75, 3.05) is 18.5 Å². The van der Waals surface area contributed by atoms with E-state index in [0.29, 0.717) is 18.8 Å². The molecular formula is C20H21N3O3. The third-order valence-electron chi connectivity index (χ3n) is 4.23. The summed E-state index contributed by atoms with van der Waals surface area (Å²) in [4.78, 5) is 30.7. The lowest BCUT2D eigenvalue weighted by Gasteiger charge is -2.28. The van der Waals surface area contributed by atoms with Crippen LogP contribution in [-0.2, 0) is 27.4 Å². The Morgan fingerprint density at radius 1 is 1.15 bits per heavy atom. The summed E-state index contributed by atoms with van der Waals surface area (Å²) in [5.41, 5.74) is 4.23. The van der Waals surface area contributed by atoms with Gasteiger partial charge in [-0.25, -0.2) is 0 Å². The second kappa shape index (κ2) is 8.29. The normalized spacial score (nSPS) is 13.3. The average molecular weight is 351 g/mol. The lowest BCUT2D eigenvalue weighted by molar-refractivity contribution is -0.137. The molecule has 2 aromatic carbocycles. The summed E-state index contributed by atoms with van der Waals surface area (Å²) in [6.45, 7) is 3.03. The quantitative estimate of drug-likeness (QED) is 0.665. The number of nitrogens with zero attached hydrogens (tertiary/aromatic N) is 2. The van der Waals surface area contributed by atoms with Crippen molar-refractivity contribution in [1.29, 1.82) is 0 Å². The number of oxime groups is 1. The Balaban J connectivity index is 1.43. The molecule has 0 fully saturated rings. The molecule has 0 spiro atoms. The molecule has 134 valence electrons. The molecule has 0 bridgehead atoms. The summed E-state index contributed by atoms with van der Waals surface area (Å²) in [6, 6.07) is 15.5. The van der Waals surface area contributed by atoms with E-state index in [9.17, 15) is 9.59 Å². The second-order valence-electron chi connectivity index (χ2n) is 6.20. The number of hydrogen-bond donors (Lipinski definition) is 1. The largest absolute Gasteiger partial charge is 0.386 e. The van der Waals surface area contributed by atoms with E-state index in [1.165, 1.54) is 5.56 Å². The van der Waals surface area contributed by atoms with Crippen molar-refractivity contribution in [3.8, 4) is 0 Å². The van der Waals surface area contributed by atoms with Crippen LogP contribution in [0.4, 0.5) is 5.69 Å². The van der Waals surface area contributed by atoms with Gasteiger partial charge < -0.3 is 15.1 Å². The number of benzene rings is 2. The molecule has 1 aliphatic heterocycles. The number of hydrogen-bond acceptors (Lipinski definition) is 4. The SMILES string of the molecule is Cc1ccc(NC(=O)/C=N/OCC(=O)N2CCc3ccccc3C2)cc1. The Hall–Kier alpha value is -3.15. The van der Waals surface area contributed by atoms with Crippen LogP contribution in [0.5, 0.6) is 0 Å². The number of rotatable bonds is 5. The molecule has 6 nitrogen and oxygen atoms in total. The lowest BCUT2D eigenvalue weighted by Crippen LogP contribution is -2.37. The van der Waals surface area contributed by atoms with Crippen LogP contribution in [-0.4, -0.2) is 36.1 Å². The molecule has 1 aliphatic rings. The first-order chi connectivity index (χ1) is 12.6. The van der Waals surface area contributed by atoms with Gasteiger partial charge in [0.25, 0.3) is 11.8 Å². The summed E-state index contributed by atoms with van der Waals surface area (Å²) in [7, 11) is 0. The monoisotopic (exact) mass is 351 g/mol. The molecule has 0 unspecified atom stereocenters. The van der Waals surface area contributed by atoms with E-state index in [0.717, 1.165) is 23.8 Å². The van der Waals surface area contributed by atoms with Crippen molar-refractivity contribution in [1.82, 2.24) is 4.90 Å². The van der Waals surface area contributed by atoms with E-state index < -0.39 is 5.91 Å². The first-order valence-electron chi connectivity index (χ1n) is 8.49. The van der Waals surface area contributed by atoms with Gasteiger partial charge in [0, 0.05) is 18.8 Å². The average Bonchev–Trinajstić information content (AvgIpc) is 2.66. The molecule has 0 saturated carbocycles. The molecule has 26 heavy (non-hydrogen) atoms. The van der Waals surface area contributed by atoms with Gasteiger partial charge in [-0.1, -0.05) is 47.1 Å². The van der Waals surface area contributed by atoms with Crippen molar-refractivity contribution in [2.45, 2.75) is 19.9 Å². The summed E-state index contributed by atoms with van der Waals surface area (Å²) >= 11 is 0. The van der Waals surface area contributed by atoms with Crippen molar-refractivity contribution in [2.24, 2.45) is 5.16 Å². The molecule has 2 aromatic rings. The van der Waals surface area contributed by atoms with E-state index in [4.69, 9.17) is 4.84 Å². The Labute approximate surface area is 152 Å². The fraction of sp³-hybridized carbons (Fsp3) is 0.250. The van der Waals surface area contributed by atoms with Gasteiger partial charge in [-0.2, -0.15) is 0 Å². The topological polar surface area (TPSA) is 71.0 Å². The molecule has 0 saturated heterocycles. The molecule has 1 heterocycles. The standard InChI is InChI=1S/C20H21N3O3/c1-15-6-8-18(9-7-15)22-19(24)12-21-26-14-20(25)23-11-10-16-4-2-3-5-17(16)13-23/h2-9,12H,10-11,13-14H2,1H3,(H,22,24)/b21-12+. The van der Waals surface area contributed by atoms with Gasteiger partial charge >= 0.3 is 0 Å². The highest BCUT2D eigenvalue weighted by atomic mass is 16.6. The molecule has 0 atom stereocenters. The highest BCUT2D eigenvalue weighted by Crippen LogP contribution is 2.18. The van der Waals surface area contributed by atoms with Crippen molar-refractivity contribution in [3.63, 3.8) is 0 Å². The van der Waals surface area contributed by atoms with Gasteiger partial charge in [-0.05, 0) is 36.6 Å². The molecule has 2 amide bonds. The number of nitrogens with one attached hydrogen (secondary N) is 1. The predicted octanol–water partition coefficient (Wildman–Crippen LogP) is 2.52. The second-order valence-corrected chi connectivity index (χ2v) is 6.20. The number of aryl methyl sites for hydroxylation is 1. The minimum absolute atomic E-state index is 0.143. The van der Waals surface area contributed by atoms with Crippen LogP contribution in [0.2, 0.25) is 0 Å². The van der Waals surface area contributed by atoms with Crippen LogP contribution in [0.15, 0.2) is 53.7 Å². The van der Waals surface area contributed by atoms with Crippen LogP contribution in [0, 0.1) is 6.92 Å². The summed E-state index contributed by atoms with van der Waals surface area (Å²) in [5, 5.41) is 6.25. The summed E-state index contributed by atoms with van der Waals surface area (Å²) < 4.78 is 0. The lowest BCUT2D eigenvalue weighted by atomic mass is 10.00. The summed E-state index contributed by atoms with van der Waals surface area (Å²) in [5.74, 6) is -0.552. The van der Waals surface area contributed by atoms with Crippen LogP contribution < -0.4 is 5.32 Å². The van der Waals surface area contributed by atoms with Crippen LogP contribution in [0.3, 0.4) is 0 Å². The maximum atomic E-state index is 12.2. The number of carbonyl (C=O) groups excluding carboxylic acids is 2. The molecule has 0 aromatic heterocycles. The van der Waals surface area contributed by atoms with Crippen LogP contribution >= 0.6 is 0 Å². The minimum atomic E-state index is -0.409. The third-order valence-corrected chi connectivity index (χ3v) is 4.23. The molecule has 3 rings (SSSR count). The highest BCUT2D eigenvalue weighted by molar-refractivity contribution is 6.31. The van der Waals surface area contributed by atoms with Gasteiger partial charge in [-0.15, -0.1) is 0 Å². The fourth-order valence-electron chi connectivity index (χ4n) is 2.79. The molecular weight excluding hydrogens is 330 g/mol. The van der Waals surface area contributed by atoms with Crippen molar-refractivity contribution < 1.29 is 14.4 Å². The van der Waals surface area contributed by atoms with Gasteiger partial charge in [0.1, 0.15) is 6.21 Å². The Morgan fingerprint density at radius 3 is 2.65 bits per heavy atom. The van der Waals surface area contributed by atoms with E-state index in [-0.39, 0.29) is 12.5 Å². The van der Waals surface area contributed by atoms with Gasteiger partial charge in [-0.3, -0.25) is 9.59 Å². The zero-order valence-corrected chi connectivity index (χ0v) is 14.6. The van der Waals surface area contributed by atoms with E-state index in [2.05, 4.69) is 16.5 Å². The number of amides is 2. The van der Waals surface area contributed by atoms with E-state index in [1.54, 1.807) is 17.0 Å². The van der Waals surface area contributed by atoms with Gasteiger partial charge in [0.15, 0.2) is 6.61 Å². The fourth-order valence-corrected chi connectivity index (χ4v) is 2.79. The van der Waals surface area contributed by atoms with E-state index in [1.807, 2.05) is 37.3 Å². The zero-order chi connectivity index (χ0) is 18.4. The maximum Gasteiger partial charge on any atom is 0.270 e. The molecule has 0 radical (unpaired) electrons. The molecule has 6 heteroatoms. The number of fused-ring (bicyclic) bond motifs is 1. The highest BCUT2D eigenvalue weighted by Gasteiger charge is 2.20. The van der Waals surface area contributed by atoms with Crippen LogP contribution in [0.1, 0.15) is 16.7 Å². The van der Waals surface area contributed by atoms with Gasteiger partial charge in [0.2, 0.25) is 0 Å². The van der Waals surface area contributed by atoms with E-state index >= 15 is 0 Å². The molecule has 1 N–H and O–H groups in total. The molecule has 0 aliphatic carbocycles. The predicted molar refractivity (Wildman–Crippen MR) is 99.8 cm³/mol. The Kier molecular flexibility index (Phi) is 5.63. The third kappa shape index (κ3) is 4.69. The summed E-state index contributed by atoms with van der Waals surface area (Å²) in [6.07, 6.45) is 1.86. The van der Waals surface area contributed by atoms with Gasteiger partial charge in [0.05, 0.1) is 0 Å². The Morgan fingerprint density at radius 2 is 1.88 bits per heavy atom. The van der Waals surface area contributed by atoms with Crippen molar-refractivity contribution >= 4 is 23.7 Å². The maximum absolute atomic E-state index is 12.2. The smallest absolute Gasteiger partial charge is 0.270 e. The zero-order valence-electron chi connectivity index (χ0n) is 14.6. The van der Waals surface area contributed by atoms with Crippen molar-refractivity contribution in [3.05, 3.63) is 65.2 Å². The first-order valence-corrected chi connectivity index (χ1v) is 8.49. The number of anilines is 1. The Bertz CT molecular complexity index is 815. The van der Waals surface area contributed by atoms with Crippen LogP contribution in [0.25, 0.3) is 0 Å². The minimum Gasteiger partial charge on any atom is -0.386 e. The first kappa shape index (κ1) is 17.7. The number of carbonyl (C=O) groups is 2.